The number of likely N-dealkylation sites (tertiary alicyclic amines) is 1. The van der Waals surface area contributed by atoms with Crippen LogP contribution in [0, 0.1) is 11.7 Å². The van der Waals surface area contributed by atoms with Gasteiger partial charge in [-0.2, -0.15) is 0 Å². The topological polar surface area (TPSA) is 52.6 Å². The van der Waals surface area contributed by atoms with Gasteiger partial charge in [0.25, 0.3) is 0 Å². The van der Waals surface area contributed by atoms with E-state index in [0.29, 0.717) is 18.2 Å². The van der Waals surface area contributed by atoms with Crippen molar-refractivity contribution >= 4 is 23.2 Å². The number of nitrogens with zero attached hydrogens (tertiary/aromatic N) is 1. The van der Waals surface area contributed by atoms with Crippen LogP contribution in [0.15, 0.2) is 18.2 Å². The predicted octanol–water partition coefficient (Wildman–Crippen LogP) is 2.51. The fraction of sp³-hybridized carbons (Fsp3) is 0.533. The van der Waals surface area contributed by atoms with Gasteiger partial charge in [0, 0.05) is 5.69 Å². The maximum absolute atomic E-state index is 13.0. The second kappa shape index (κ2) is 7.20. The molecule has 1 aliphatic heterocycles. The molecule has 0 saturated carbocycles. The van der Waals surface area contributed by atoms with Crippen LogP contribution in [-0.4, -0.2) is 41.7 Å². The van der Waals surface area contributed by atoms with Crippen LogP contribution in [0.5, 0.6) is 0 Å². The van der Waals surface area contributed by atoms with Gasteiger partial charge in [0.1, 0.15) is 5.82 Å². The minimum atomic E-state index is -0.505. The van der Waals surface area contributed by atoms with E-state index in [1.54, 1.807) is 0 Å². The maximum atomic E-state index is 13.0. The lowest BCUT2D eigenvalue weighted by Gasteiger charge is -2.32. The lowest BCUT2D eigenvalue weighted by atomic mass is 9.92. The van der Waals surface area contributed by atoms with Crippen molar-refractivity contribution in [2.24, 2.45) is 5.92 Å². The van der Waals surface area contributed by atoms with Crippen molar-refractivity contribution in [3.63, 3.8) is 0 Å². The number of halogens is 2. The Morgan fingerprint density at radius 2 is 2.19 bits per heavy atom. The third-order valence-electron chi connectivity index (χ3n) is 3.89. The van der Waals surface area contributed by atoms with Gasteiger partial charge in [0.05, 0.1) is 17.7 Å². The van der Waals surface area contributed by atoms with Crippen LogP contribution in [0.2, 0.25) is 5.02 Å². The fourth-order valence-electron chi connectivity index (χ4n) is 2.57. The number of carbonyl (C=O) groups excluding carboxylic acids is 1. The lowest BCUT2D eigenvalue weighted by molar-refractivity contribution is -0.117. The molecule has 0 spiro atoms. The molecule has 1 fully saturated rings. The predicted molar refractivity (Wildman–Crippen MR) is 80.9 cm³/mol. The standard InChI is InChI=1S/C15H20ClFN2O2/c1-10(20)11-4-6-19(7-5-11)9-15(21)18-12-2-3-14(17)13(16)8-12/h2-3,8,10-11,20H,4-7,9H2,1H3,(H,18,21). The number of aliphatic hydroxyl groups excluding tert-OH is 1. The summed E-state index contributed by atoms with van der Waals surface area (Å²) in [5, 5.41) is 12.2. The zero-order chi connectivity index (χ0) is 15.4. The number of hydrogen-bond acceptors (Lipinski definition) is 3. The molecule has 1 amide bonds. The number of aliphatic hydroxyl groups is 1. The lowest BCUT2D eigenvalue weighted by Crippen LogP contribution is -2.41. The molecule has 2 rings (SSSR count). The number of anilines is 1. The molecule has 1 unspecified atom stereocenters. The summed E-state index contributed by atoms with van der Waals surface area (Å²) >= 11 is 5.67. The van der Waals surface area contributed by atoms with Crippen molar-refractivity contribution in [3.8, 4) is 0 Å². The van der Waals surface area contributed by atoms with Gasteiger partial charge in [-0.25, -0.2) is 4.39 Å². The van der Waals surface area contributed by atoms with Gasteiger partial charge in [-0.15, -0.1) is 0 Å². The first kappa shape index (κ1) is 16.2. The molecule has 6 heteroatoms. The highest BCUT2D eigenvalue weighted by molar-refractivity contribution is 6.31. The van der Waals surface area contributed by atoms with Crippen LogP contribution >= 0.6 is 11.6 Å². The minimum Gasteiger partial charge on any atom is -0.393 e. The highest BCUT2D eigenvalue weighted by Gasteiger charge is 2.23. The number of benzene rings is 1. The third kappa shape index (κ3) is 4.66. The Hall–Kier alpha value is -1.17. The average Bonchev–Trinajstić information content (AvgIpc) is 2.43. The Balaban J connectivity index is 1.81. The molecule has 2 N–H and O–H groups in total. The van der Waals surface area contributed by atoms with Crippen molar-refractivity contribution in [2.45, 2.75) is 25.9 Å². The van der Waals surface area contributed by atoms with Crippen LogP contribution in [0.1, 0.15) is 19.8 Å². The van der Waals surface area contributed by atoms with E-state index in [1.807, 2.05) is 6.92 Å². The second-order valence-corrected chi connectivity index (χ2v) is 5.94. The summed E-state index contributed by atoms with van der Waals surface area (Å²) in [6.45, 7) is 3.70. The number of piperidine rings is 1. The second-order valence-electron chi connectivity index (χ2n) is 5.53. The Morgan fingerprint density at radius 1 is 1.52 bits per heavy atom. The van der Waals surface area contributed by atoms with Crippen LogP contribution in [0.3, 0.4) is 0 Å². The number of nitrogens with one attached hydrogen (secondary N) is 1. The van der Waals surface area contributed by atoms with Crippen LogP contribution in [-0.2, 0) is 4.79 Å². The molecule has 1 aromatic rings. The summed E-state index contributed by atoms with van der Waals surface area (Å²) in [5.74, 6) is -0.330. The first-order valence-corrected chi connectivity index (χ1v) is 7.49. The largest absolute Gasteiger partial charge is 0.393 e. The zero-order valence-corrected chi connectivity index (χ0v) is 12.7. The van der Waals surface area contributed by atoms with Gasteiger partial charge in [-0.1, -0.05) is 11.6 Å². The van der Waals surface area contributed by atoms with Gasteiger partial charge >= 0.3 is 0 Å². The van der Waals surface area contributed by atoms with Crippen molar-refractivity contribution in [2.75, 3.05) is 25.0 Å². The molecule has 4 nitrogen and oxygen atoms in total. The molecule has 0 aliphatic carbocycles. The third-order valence-corrected chi connectivity index (χ3v) is 4.17. The van der Waals surface area contributed by atoms with Crippen LogP contribution < -0.4 is 5.32 Å². The van der Waals surface area contributed by atoms with E-state index in [0.717, 1.165) is 25.9 Å². The summed E-state index contributed by atoms with van der Waals surface area (Å²) in [7, 11) is 0. The molecule has 1 heterocycles. The zero-order valence-electron chi connectivity index (χ0n) is 12.0. The molecule has 21 heavy (non-hydrogen) atoms. The first-order valence-electron chi connectivity index (χ1n) is 7.11. The van der Waals surface area contributed by atoms with E-state index in [2.05, 4.69) is 10.2 Å². The molecule has 1 saturated heterocycles. The number of hydrogen-bond donors (Lipinski definition) is 2. The summed E-state index contributed by atoms with van der Waals surface area (Å²) in [6.07, 6.45) is 1.50. The molecule has 1 aromatic carbocycles. The fourth-order valence-corrected chi connectivity index (χ4v) is 2.75. The highest BCUT2D eigenvalue weighted by Crippen LogP contribution is 2.21. The molecule has 116 valence electrons. The van der Waals surface area contributed by atoms with Crippen molar-refractivity contribution < 1.29 is 14.3 Å². The molecule has 0 bridgehead atoms. The maximum Gasteiger partial charge on any atom is 0.238 e. The number of rotatable bonds is 4. The Kier molecular flexibility index (Phi) is 5.56. The van der Waals surface area contributed by atoms with Crippen molar-refractivity contribution in [3.05, 3.63) is 29.0 Å². The Bertz CT molecular complexity index is 502. The summed E-state index contributed by atoms with van der Waals surface area (Å²) in [5.41, 5.74) is 0.491. The van der Waals surface area contributed by atoms with Gasteiger partial charge < -0.3 is 10.4 Å². The highest BCUT2D eigenvalue weighted by atomic mass is 35.5. The summed E-state index contributed by atoms with van der Waals surface area (Å²) < 4.78 is 13.0. The summed E-state index contributed by atoms with van der Waals surface area (Å²) in [6, 6.07) is 4.11. The van der Waals surface area contributed by atoms with Gasteiger partial charge in [-0.05, 0) is 57.0 Å². The first-order chi connectivity index (χ1) is 9.95. The van der Waals surface area contributed by atoms with Crippen molar-refractivity contribution in [1.82, 2.24) is 4.90 Å². The number of carbonyl (C=O) groups is 1. The quantitative estimate of drug-likeness (QED) is 0.898. The normalized spacial score (nSPS) is 18.5. The van der Waals surface area contributed by atoms with E-state index in [9.17, 15) is 14.3 Å². The Morgan fingerprint density at radius 3 is 2.76 bits per heavy atom. The van der Waals surface area contributed by atoms with Crippen LogP contribution in [0.25, 0.3) is 0 Å². The van der Waals surface area contributed by atoms with E-state index < -0.39 is 5.82 Å². The van der Waals surface area contributed by atoms with E-state index >= 15 is 0 Å². The molecular weight excluding hydrogens is 295 g/mol. The monoisotopic (exact) mass is 314 g/mol. The van der Waals surface area contributed by atoms with Crippen molar-refractivity contribution in [1.29, 1.82) is 0 Å². The molecule has 1 aliphatic rings. The smallest absolute Gasteiger partial charge is 0.238 e. The average molecular weight is 315 g/mol. The minimum absolute atomic E-state index is 0.00875. The molecular formula is C15H20ClFN2O2. The van der Waals surface area contributed by atoms with Gasteiger partial charge in [0.15, 0.2) is 0 Å². The van der Waals surface area contributed by atoms with E-state index in [1.165, 1.54) is 18.2 Å². The van der Waals surface area contributed by atoms with E-state index in [-0.39, 0.29) is 17.0 Å². The molecule has 1 atom stereocenters. The molecule has 0 radical (unpaired) electrons. The van der Waals surface area contributed by atoms with E-state index in [4.69, 9.17) is 11.6 Å². The number of amides is 1. The Labute approximate surface area is 128 Å². The van der Waals surface area contributed by atoms with Crippen LogP contribution in [0.4, 0.5) is 10.1 Å². The molecule has 0 aromatic heterocycles. The van der Waals surface area contributed by atoms with Gasteiger partial charge in [-0.3, -0.25) is 9.69 Å². The SMILES string of the molecule is CC(O)C1CCN(CC(=O)Nc2ccc(F)c(Cl)c2)CC1. The summed E-state index contributed by atoms with van der Waals surface area (Å²) in [4.78, 5) is 14.0. The van der Waals surface area contributed by atoms with Gasteiger partial charge in [0.2, 0.25) is 5.91 Å².